The number of fused-ring (bicyclic) bond motifs is 1. The summed E-state index contributed by atoms with van der Waals surface area (Å²) >= 11 is 0. The standard InChI is InChI=1S/C20H19N3/c1-15-19-10-11-21-14-17(19)8-9-20(15)23-13-12-22(16(23)2)18-6-4-3-5-7-18/h3-14,16H,1-2H3/t16-/m0/s1. The van der Waals surface area contributed by atoms with Crippen LogP contribution in [0.1, 0.15) is 12.5 Å². The number of hydrogen-bond acceptors (Lipinski definition) is 3. The van der Waals surface area contributed by atoms with Crippen LogP contribution < -0.4 is 9.80 Å². The van der Waals surface area contributed by atoms with Crippen molar-refractivity contribution in [3.63, 3.8) is 0 Å². The van der Waals surface area contributed by atoms with Crippen molar-refractivity contribution in [2.24, 2.45) is 0 Å². The van der Waals surface area contributed by atoms with Gasteiger partial charge < -0.3 is 9.80 Å². The van der Waals surface area contributed by atoms with Crippen molar-refractivity contribution in [2.45, 2.75) is 20.0 Å². The number of hydrogen-bond donors (Lipinski definition) is 0. The average molecular weight is 301 g/mol. The monoisotopic (exact) mass is 301 g/mol. The SMILES string of the molecule is Cc1c(N2C=CN(c3ccccc3)[C@@H]2C)ccc2cnccc12. The molecule has 4 rings (SSSR count). The van der Waals surface area contributed by atoms with Crippen LogP contribution in [0.3, 0.4) is 0 Å². The van der Waals surface area contributed by atoms with E-state index in [4.69, 9.17) is 0 Å². The highest BCUT2D eigenvalue weighted by Crippen LogP contribution is 2.33. The molecule has 0 radical (unpaired) electrons. The van der Waals surface area contributed by atoms with Gasteiger partial charge in [0.1, 0.15) is 6.17 Å². The molecule has 1 atom stereocenters. The number of aromatic nitrogens is 1. The molecule has 0 aliphatic carbocycles. The first-order valence-corrected chi connectivity index (χ1v) is 7.89. The minimum absolute atomic E-state index is 0.246. The van der Waals surface area contributed by atoms with Crippen molar-refractivity contribution in [3.8, 4) is 0 Å². The van der Waals surface area contributed by atoms with Gasteiger partial charge in [0.2, 0.25) is 0 Å². The van der Waals surface area contributed by atoms with Gasteiger partial charge in [0.25, 0.3) is 0 Å². The Bertz CT molecular complexity index is 870. The maximum atomic E-state index is 4.21. The Kier molecular flexibility index (Phi) is 3.27. The van der Waals surface area contributed by atoms with Crippen LogP contribution in [0, 0.1) is 6.92 Å². The van der Waals surface area contributed by atoms with Gasteiger partial charge in [0, 0.05) is 41.6 Å². The minimum atomic E-state index is 0.246. The lowest BCUT2D eigenvalue weighted by atomic mass is 10.0. The summed E-state index contributed by atoms with van der Waals surface area (Å²) in [7, 11) is 0. The smallest absolute Gasteiger partial charge is 0.107 e. The van der Waals surface area contributed by atoms with Crippen LogP contribution in [0.4, 0.5) is 11.4 Å². The van der Waals surface area contributed by atoms with E-state index in [0.29, 0.717) is 0 Å². The van der Waals surface area contributed by atoms with E-state index >= 15 is 0 Å². The zero-order valence-electron chi connectivity index (χ0n) is 13.3. The molecule has 0 N–H and O–H groups in total. The summed E-state index contributed by atoms with van der Waals surface area (Å²) < 4.78 is 0. The zero-order valence-corrected chi connectivity index (χ0v) is 13.3. The van der Waals surface area contributed by atoms with Crippen LogP contribution in [-0.4, -0.2) is 11.1 Å². The van der Waals surface area contributed by atoms with Gasteiger partial charge in [-0.15, -0.1) is 0 Å². The molecular weight excluding hydrogens is 282 g/mol. The lowest BCUT2D eigenvalue weighted by Gasteiger charge is -2.31. The molecule has 0 unspecified atom stereocenters. The van der Waals surface area contributed by atoms with E-state index in [0.717, 1.165) is 0 Å². The molecule has 1 aromatic heterocycles. The van der Waals surface area contributed by atoms with Crippen molar-refractivity contribution < 1.29 is 0 Å². The van der Waals surface area contributed by atoms with E-state index in [2.05, 4.69) is 83.5 Å². The Morgan fingerprint density at radius 1 is 0.913 bits per heavy atom. The number of nitrogens with zero attached hydrogens (tertiary/aromatic N) is 3. The van der Waals surface area contributed by atoms with E-state index in [1.54, 1.807) is 0 Å². The summed E-state index contributed by atoms with van der Waals surface area (Å²) in [6, 6.07) is 16.9. The van der Waals surface area contributed by atoms with Crippen LogP contribution in [-0.2, 0) is 0 Å². The fraction of sp³-hybridized carbons (Fsp3) is 0.150. The first kappa shape index (κ1) is 13.8. The number of aryl methyl sites for hydroxylation is 1. The maximum Gasteiger partial charge on any atom is 0.107 e. The molecular formula is C20H19N3. The number of para-hydroxylation sites is 1. The van der Waals surface area contributed by atoms with Gasteiger partial charge in [0.15, 0.2) is 0 Å². The van der Waals surface area contributed by atoms with E-state index < -0.39 is 0 Å². The van der Waals surface area contributed by atoms with Gasteiger partial charge in [0.05, 0.1) is 0 Å². The molecule has 3 aromatic rings. The Labute approximate surface area is 136 Å². The third-order valence-electron chi connectivity index (χ3n) is 4.59. The topological polar surface area (TPSA) is 19.4 Å². The van der Waals surface area contributed by atoms with Gasteiger partial charge in [-0.25, -0.2) is 0 Å². The molecule has 23 heavy (non-hydrogen) atoms. The molecule has 0 saturated carbocycles. The number of benzene rings is 2. The largest absolute Gasteiger partial charge is 0.326 e. The summed E-state index contributed by atoms with van der Waals surface area (Å²) in [4.78, 5) is 8.82. The van der Waals surface area contributed by atoms with Crippen LogP contribution in [0.2, 0.25) is 0 Å². The quantitative estimate of drug-likeness (QED) is 0.684. The first-order chi connectivity index (χ1) is 11.3. The summed E-state index contributed by atoms with van der Waals surface area (Å²) in [5.74, 6) is 0. The van der Waals surface area contributed by atoms with Gasteiger partial charge in [-0.05, 0) is 49.1 Å². The van der Waals surface area contributed by atoms with Crippen molar-refractivity contribution in [3.05, 3.63) is 78.9 Å². The normalized spacial score (nSPS) is 17.2. The van der Waals surface area contributed by atoms with Gasteiger partial charge >= 0.3 is 0 Å². The molecule has 0 bridgehead atoms. The molecule has 1 aliphatic heterocycles. The molecule has 0 fully saturated rings. The average Bonchev–Trinajstić information content (AvgIpc) is 2.98. The molecule has 2 aromatic carbocycles. The Morgan fingerprint density at radius 2 is 1.70 bits per heavy atom. The first-order valence-electron chi connectivity index (χ1n) is 7.89. The van der Waals surface area contributed by atoms with Crippen molar-refractivity contribution in [1.82, 2.24) is 4.98 Å². The third kappa shape index (κ3) is 2.25. The molecule has 0 spiro atoms. The second-order valence-electron chi connectivity index (χ2n) is 5.89. The summed E-state index contributed by atoms with van der Waals surface area (Å²) in [6.45, 7) is 4.41. The number of anilines is 2. The number of rotatable bonds is 2. The highest BCUT2D eigenvalue weighted by molar-refractivity contribution is 5.90. The van der Waals surface area contributed by atoms with E-state index in [1.165, 1.54) is 27.7 Å². The second-order valence-corrected chi connectivity index (χ2v) is 5.89. The van der Waals surface area contributed by atoms with E-state index in [9.17, 15) is 0 Å². The van der Waals surface area contributed by atoms with E-state index in [1.807, 2.05) is 18.5 Å². The van der Waals surface area contributed by atoms with Crippen molar-refractivity contribution in [1.29, 1.82) is 0 Å². The molecule has 3 nitrogen and oxygen atoms in total. The second kappa shape index (κ2) is 5.43. The molecule has 0 saturated heterocycles. The van der Waals surface area contributed by atoms with Crippen molar-refractivity contribution >= 4 is 22.1 Å². The summed E-state index contributed by atoms with van der Waals surface area (Å²) in [5, 5.41) is 2.45. The van der Waals surface area contributed by atoms with Gasteiger partial charge in [-0.2, -0.15) is 0 Å². The summed E-state index contributed by atoms with van der Waals surface area (Å²) in [5.41, 5.74) is 3.74. The maximum absolute atomic E-state index is 4.21. The Morgan fingerprint density at radius 3 is 2.52 bits per heavy atom. The minimum Gasteiger partial charge on any atom is -0.326 e. The highest BCUT2D eigenvalue weighted by Gasteiger charge is 2.25. The van der Waals surface area contributed by atoms with Crippen LogP contribution >= 0.6 is 0 Å². The molecule has 2 heterocycles. The highest BCUT2D eigenvalue weighted by atomic mass is 15.4. The Hall–Kier alpha value is -2.81. The fourth-order valence-electron chi connectivity index (χ4n) is 3.30. The lowest BCUT2D eigenvalue weighted by molar-refractivity contribution is 0.749. The number of pyridine rings is 1. The van der Waals surface area contributed by atoms with Gasteiger partial charge in [-0.3, -0.25) is 4.98 Å². The Balaban J connectivity index is 1.72. The molecule has 114 valence electrons. The molecule has 0 amide bonds. The van der Waals surface area contributed by atoms with Gasteiger partial charge in [-0.1, -0.05) is 24.3 Å². The zero-order chi connectivity index (χ0) is 15.8. The predicted octanol–water partition coefficient (Wildman–Crippen LogP) is 4.69. The molecule has 3 heteroatoms. The predicted molar refractivity (Wildman–Crippen MR) is 96.5 cm³/mol. The van der Waals surface area contributed by atoms with Crippen LogP contribution in [0.15, 0.2) is 73.3 Å². The fourth-order valence-corrected chi connectivity index (χ4v) is 3.30. The molecule has 1 aliphatic rings. The van der Waals surface area contributed by atoms with E-state index in [-0.39, 0.29) is 6.17 Å². The summed E-state index contributed by atoms with van der Waals surface area (Å²) in [6.07, 6.45) is 8.34. The van der Waals surface area contributed by atoms with Crippen molar-refractivity contribution in [2.75, 3.05) is 9.80 Å². The van der Waals surface area contributed by atoms with Crippen LogP contribution in [0.5, 0.6) is 0 Å². The third-order valence-corrected chi connectivity index (χ3v) is 4.59. The van der Waals surface area contributed by atoms with Crippen LogP contribution in [0.25, 0.3) is 10.8 Å². The lowest BCUT2D eigenvalue weighted by Crippen LogP contribution is -2.36.